The van der Waals surface area contributed by atoms with Crippen molar-refractivity contribution in [1.29, 1.82) is 5.26 Å². The zero-order chi connectivity index (χ0) is 13.9. The van der Waals surface area contributed by atoms with Crippen molar-refractivity contribution in [3.05, 3.63) is 30.1 Å². The second kappa shape index (κ2) is 9.94. The summed E-state index contributed by atoms with van der Waals surface area (Å²) in [5.41, 5.74) is 1.21. The number of nitrogens with zero attached hydrogens (tertiary/aromatic N) is 3. The quantitative estimate of drug-likeness (QED) is 0.652. The minimum Gasteiger partial charge on any atom is -0.298 e. The molecule has 0 saturated carbocycles. The van der Waals surface area contributed by atoms with Gasteiger partial charge in [-0.1, -0.05) is 35.3 Å². The van der Waals surface area contributed by atoms with Crippen molar-refractivity contribution >= 4 is 15.9 Å². The lowest BCUT2D eigenvalue weighted by atomic mass is 10.1. The van der Waals surface area contributed by atoms with E-state index in [-0.39, 0.29) is 0 Å². The maximum absolute atomic E-state index is 8.78. The van der Waals surface area contributed by atoms with Gasteiger partial charge in [-0.25, -0.2) is 0 Å². The summed E-state index contributed by atoms with van der Waals surface area (Å²) in [5.74, 6) is 0.653. The number of nitriles is 1. The molecule has 0 N–H and O–H groups in total. The van der Waals surface area contributed by atoms with Crippen LogP contribution < -0.4 is 0 Å². The zero-order valence-electron chi connectivity index (χ0n) is 11.6. The summed E-state index contributed by atoms with van der Waals surface area (Å²) in [4.78, 5) is 6.52. The number of hydrogen-bond donors (Lipinski definition) is 0. The topological polar surface area (TPSA) is 39.9 Å². The molecule has 1 aromatic rings. The number of aromatic nitrogens is 1. The predicted octanol–water partition coefficient (Wildman–Crippen LogP) is 3.61. The van der Waals surface area contributed by atoms with Crippen molar-refractivity contribution in [2.75, 3.05) is 18.4 Å². The van der Waals surface area contributed by atoms with E-state index in [0.717, 1.165) is 25.0 Å². The minimum absolute atomic E-state index is 0.585. The average molecular weight is 324 g/mol. The smallest absolute Gasteiger partial charge is 0.0635 e. The van der Waals surface area contributed by atoms with Gasteiger partial charge < -0.3 is 0 Å². The summed E-state index contributed by atoms with van der Waals surface area (Å²) in [7, 11) is 0. The van der Waals surface area contributed by atoms with Crippen molar-refractivity contribution in [3.63, 3.8) is 0 Å². The molecule has 1 aromatic heterocycles. The van der Waals surface area contributed by atoms with Crippen molar-refractivity contribution in [3.8, 4) is 6.07 Å². The molecule has 104 valence electrons. The van der Waals surface area contributed by atoms with Crippen molar-refractivity contribution in [2.24, 2.45) is 5.92 Å². The van der Waals surface area contributed by atoms with Crippen LogP contribution in [0.1, 0.15) is 31.7 Å². The number of rotatable bonds is 9. The summed E-state index contributed by atoms with van der Waals surface area (Å²) in [6.45, 7) is 4.97. The van der Waals surface area contributed by atoms with E-state index in [9.17, 15) is 0 Å². The van der Waals surface area contributed by atoms with Gasteiger partial charge in [0, 0.05) is 43.8 Å². The Morgan fingerprint density at radius 1 is 1.53 bits per heavy atom. The first kappa shape index (κ1) is 16.1. The van der Waals surface area contributed by atoms with E-state index in [0.29, 0.717) is 12.3 Å². The third kappa shape index (κ3) is 6.70. The van der Waals surface area contributed by atoms with Crippen LogP contribution in [0.3, 0.4) is 0 Å². The van der Waals surface area contributed by atoms with Crippen LogP contribution in [0.5, 0.6) is 0 Å². The molecule has 4 heteroatoms. The molecule has 0 radical (unpaired) electrons. The highest BCUT2D eigenvalue weighted by molar-refractivity contribution is 9.09. The third-order valence-electron chi connectivity index (χ3n) is 3.10. The zero-order valence-corrected chi connectivity index (χ0v) is 13.1. The highest BCUT2D eigenvalue weighted by atomic mass is 79.9. The molecule has 0 aliphatic rings. The first-order chi connectivity index (χ1) is 9.30. The Bertz CT molecular complexity index is 375. The monoisotopic (exact) mass is 323 g/mol. The van der Waals surface area contributed by atoms with Gasteiger partial charge >= 0.3 is 0 Å². The van der Waals surface area contributed by atoms with Crippen LogP contribution in [-0.2, 0) is 6.54 Å². The van der Waals surface area contributed by atoms with Gasteiger partial charge in [0.2, 0.25) is 0 Å². The van der Waals surface area contributed by atoms with E-state index in [2.05, 4.69) is 44.9 Å². The number of halogens is 1. The summed E-state index contributed by atoms with van der Waals surface area (Å²) >= 11 is 3.59. The molecular weight excluding hydrogens is 302 g/mol. The largest absolute Gasteiger partial charge is 0.298 e. The molecule has 1 atom stereocenters. The Kier molecular flexibility index (Phi) is 8.44. The highest BCUT2D eigenvalue weighted by Gasteiger charge is 2.13. The Morgan fingerprint density at radius 3 is 2.95 bits per heavy atom. The van der Waals surface area contributed by atoms with Gasteiger partial charge in [-0.2, -0.15) is 5.26 Å². The van der Waals surface area contributed by atoms with E-state index < -0.39 is 0 Å². The molecule has 3 nitrogen and oxygen atoms in total. The molecule has 19 heavy (non-hydrogen) atoms. The van der Waals surface area contributed by atoms with Crippen molar-refractivity contribution in [1.82, 2.24) is 9.88 Å². The lowest BCUT2D eigenvalue weighted by Crippen LogP contribution is -2.30. The summed E-state index contributed by atoms with van der Waals surface area (Å²) in [5, 5.41) is 9.80. The van der Waals surface area contributed by atoms with E-state index in [1.54, 1.807) is 6.20 Å². The summed E-state index contributed by atoms with van der Waals surface area (Å²) < 4.78 is 0. The van der Waals surface area contributed by atoms with Gasteiger partial charge in [0.25, 0.3) is 0 Å². The van der Waals surface area contributed by atoms with Crippen LogP contribution in [0.25, 0.3) is 0 Å². The van der Waals surface area contributed by atoms with Gasteiger partial charge in [-0.3, -0.25) is 9.88 Å². The minimum atomic E-state index is 0.585. The maximum atomic E-state index is 8.78. The highest BCUT2D eigenvalue weighted by Crippen LogP contribution is 2.14. The van der Waals surface area contributed by atoms with Crippen LogP contribution in [0.15, 0.2) is 24.5 Å². The lowest BCUT2D eigenvalue weighted by molar-refractivity contribution is 0.230. The van der Waals surface area contributed by atoms with Crippen LogP contribution in [0.2, 0.25) is 0 Å². The van der Waals surface area contributed by atoms with Gasteiger partial charge in [0.05, 0.1) is 6.07 Å². The average Bonchev–Trinajstić information content (AvgIpc) is 2.45. The molecule has 1 rings (SSSR count). The molecule has 0 amide bonds. The Morgan fingerprint density at radius 2 is 2.37 bits per heavy atom. The van der Waals surface area contributed by atoms with Crippen LogP contribution >= 0.6 is 15.9 Å². The SMILES string of the molecule is CCCC(CBr)CN(CCC#N)Cc1cccnc1. The van der Waals surface area contributed by atoms with Crippen LogP contribution in [0, 0.1) is 17.2 Å². The third-order valence-corrected chi connectivity index (χ3v) is 4.02. The van der Waals surface area contributed by atoms with Crippen molar-refractivity contribution in [2.45, 2.75) is 32.7 Å². The van der Waals surface area contributed by atoms with Gasteiger partial charge in [-0.15, -0.1) is 0 Å². The fourth-order valence-electron chi connectivity index (χ4n) is 2.18. The normalized spacial score (nSPS) is 12.3. The van der Waals surface area contributed by atoms with E-state index >= 15 is 0 Å². The molecule has 0 aliphatic carbocycles. The predicted molar refractivity (Wildman–Crippen MR) is 81.9 cm³/mol. The molecular formula is C15H22BrN3. The number of pyridine rings is 1. The molecule has 0 aromatic carbocycles. The molecule has 0 fully saturated rings. The first-order valence-electron chi connectivity index (χ1n) is 6.84. The van der Waals surface area contributed by atoms with Crippen LogP contribution in [-0.4, -0.2) is 28.3 Å². The summed E-state index contributed by atoms with van der Waals surface area (Å²) in [6.07, 6.45) is 6.71. The molecule has 1 heterocycles. The van der Waals surface area contributed by atoms with Gasteiger partial charge in [0.15, 0.2) is 0 Å². The van der Waals surface area contributed by atoms with E-state index in [1.165, 1.54) is 18.4 Å². The Balaban J connectivity index is 2.58. The molecule has 0 bridgehead atoms. The second-order valence-electron chi connectivity index (χ2n) is 4.81. The molecule has 1 unspecified atom stereocenters. The maximum Gasteiger partial charge on any atom is 0.0635 e. The van der Waals surface area contributed by atoms with Gasteiger partial charge in [0.1, 0.15) is 0 Å². The van der Waals surface area contributed by atoms with Gasteiger partial charge in [-0.05, 0) is 24.0 Å². The first-order valence-corrected chi connectivity index (χ1v) is 7.96. The Hall–Kier alpha value is -0.920. The summed E-state index contributed by atoms with van der Waals surface area (Å²) in [6, 6.07) is 6.29. The fraction of sp³-hybridized carbons (Fsp3) is 0.600. The van der Waals surface area contributed by atoms with E-state index in [1.807, 2.05) is 12.3 Å². The van der Waals surface area contributed by atoms with Crippen LogP contribution in [0.4, 0.5) is 0 Å². The molecule has 0 aliphatic heterocycles. The fourth-order valence-corrected chi connectivity index (χ4v) is 2.71. The second-order valence-corrected chi connectivity index (χ2v) is 5.46. The van der Waals surface area contributed by atoms with Crippen molar-refractivity contribution < 1.29 is 0 Å². The van der Waals surface area contributed by atoms with E-state index in [4.69, 9.17) is 5.26 Å². The number of hydrogen-bond acceptors (Lipinski definition) is 3. The number of alkyl halides is 1. The molecule has 0 spiro atoms. The molecule has 0 saturated heterocycles. The standard InChI is InChI=1S/C15H22BrN3/c1-2-5-14(10-16)12-19(9-4-7-17)13-15-6-3-8-18-11-15/h3,6,8,11,14H,2,4-5,9-10,12-13H2,1H3. The lowest BCUT2D eigenvalue weighted by Gasteiger charge is -2.25. The Labute approximate surface area is 124 Å².